The van der Waals surface area contributed by atoms with E-state index in [0.29, 0.717) is 12.4 Å². The van der Waals surface area contributed by atoms with E-state index >= 15 is 0 Å². The number of aryl methyl sites for hydroxylation is 1. The minimum atomic E-state index is -0.00524. The summed E-state index contributed by atoms with van der Waals surface area (Å²) in [6.45, 7) is 5.56. The molecule has 0 radical (unpaired) electrons. The Labute approximate surface area is 116 Å². The molecule has 0 aromatic carbocycles. The molecule has 0 unspecified atom stereocenters. The number of rotatable bonds is 8. The number of hydrogen-bond acceptors (Lipinski definition) is 3. The summed E-state index contributed by atoms with van der Waals surface area (Å²) in [5.41, 5.74) is 1.09. The first kappa shape index (κ1) is 15.6. The van der Waals surface area contributed by atoms with Gasteiger partial charge in [0, 0.05) is 6.20 Å². The number of likely N-dealkylation sites (N-methyl/N-ethyl adjacent to an activating group) is 1. The lowest BCUT2D eigenvalue weighted by atomic mass is 10.2. The molecular formula is C15H25N3O. The van der Waals surface area contributed by atoms with Crippen molar-refractivity contribution in [2.75, 3.05) is 25.5 Å². The standard InChI is InChI=1S/C15H25N3O/c1-4-5-6-7-10-18(3)12-15(19)17-14-9-8-13(2)11-16-14/h8-9,11H,4-7,10,12H2,1-3H3,(H,16,17,19). The highest BCUT2D eigenvalue weighted by Gasteiger charge is 2.07. The van der Waals surface area contributed by atoms with Gasteiger partial charge in [0.25, 0.3) is 0 Å². The van der Waals surface area contributed by atoms with Crippen LogP contribution < -0.4 is 5.32 Å². The zero-order valence-electron chi connectivity index (χ0n) is 12.3. The van der Waals surface area contributed by atoms with Gasteiger partial charge in [0.05, 0.1) is 6.54 Å². The van der Waals surface area contributed by atoms with Crippen LogP contribution in [0.2, 0.25) is 0 Å². The summed E-state index contributed by atoms with van der Waals surface area (Å²) < 4.78 is 0. The zero-order valence-corrected chi connectivity index (χ0v) is 12.3. The maximum Gasteiger partial charge on any atom is 0.239 e. The Bertz CT molecular complexity index is 375. The topological polar surface area (TPSA) is 45.2 Å². The number of anilines is 1. The maximum atomic E-state index is 11.8. The Morgan fingerprint density at radius 2 is 2.11 bits per heavy atom. The van der Waals surface area contributed by atoms with Crippen LogP contribution in [0.5, 0.6) is 0 Å². The van der Waals surface area contributed by atoms with E-state index in [1.807, 2.05) is 26.1 Å². The number of carbonyl (C=O) groups is 1. The van der Waals surface area contributed by atoms with Crippen molar-refractivity contribution in [2.45, 2.75) is 39.5 Å². The van der Waals surface area contributed by atoms with Crippen LogP contribution in [-0.4, -0.2) is 35.9 Å². The molecule has 19 heavy (non-hydrogen) atoms. The molecule has 0 atom stereocenters. The Balaban J connectivity index is 2.24. The van der Waals surface area contributed by atoms with Gasteiger partial charge in [-0.15, -0.1) is 0 Å². The summed E-state index contributed by atoms with van der Waals surface area (Å²) in [6, 6.07) is 3.77. The maximum absolute atomic E-state index is 11.8. The lowest BCUT2D eigenvalue weighted by Gasteiger charge is -2.15. The molecule has 4 heteroatoms. The van der Waals surface area contributed by atoms with Crippen LogP contribution in [0.25, 0.3) is 0 Å². The number of hydrogen-bond donors (Lipinski definition) is 1. The van der Waals surface area contributed by atoms with E-state index in [0.717, 1.165) is 18.5 Å². The third-order valence-electron chi connectivity index (χ3n) is 2.99. The van der Waals surface area contributed by atoms with Crippen molar-refractivity contribution >= 4 is 11.7 Å². The molecular weight excluding hydrogens is 238 g/mol. The summed E-state index contributed by atoms with van der Waals surface area (Å²) in [7, 11) is 1.98. The average Bonchev–Trinajstić information content (AvgIpc) is 2.37. The minimum absolute atomic E-state index is 0.00524. The first-order valence-electron chi connectivity index (χ1n) is 7.03. The molecule has 0 aliphatic heterocycles. The fourth-order valence-corrected chi connectivity index (χ4v) is 1.86. The summed E-state index contributed by atoms with van der Waals surface area (Å²) >= 11 is 0. The molecule has 1 N–H and O–H groups in total. The van der Waals surface area contributed by atoms with Gasteiger partial charge in [-0.05, 0) is 38.6 Å². The first-order chi connectivity index (χ1) is 9.11. The van der Waals surface area contributed by atoms with Gasteiger partial charge >= 0.3 is 0 Å². The highest BCUT2D eigenvalue weighted by molar-refractivity contribution is 5.91. The number of unbranched alkanes of at least 4 members (excludes halogenated alkanes) is 3. The molecule has 0 fully saturated rings. The second-order valence-corrected chi connectivity index (χ2v) is 5.07. The summed E-state index contributed by atoms with van der Waals surface area (Å²) in [6.07, 6.45) is 6.66. The van der Waals surface area contributed by atoms with Crippen molar-refractivity contribution in [1.82, 2.24) is 9.88 Å². The highest BCUT2D eigenvalue weighted by Crippen LogP contribution is 2.04. The van der Waals surface area contributed by atoms with Crippen molar-refractivity contribution in [3.63, 3.8) is 0 Å². The van der Waals surface area contributed by atoms with E-state index in [1.54, 1.807) is 6.20 Å². The molecule has 0 spiro atoms. The van der Waals surface area contributed by atoms with Gasteiger partial charge in [0.15, 0.2) is 0 Å². The fraction of sp³-hybridized carbons (Fsp3) is 0.600. The van der Waals surface area contributed by atoms with Gasteiger partial charge in [0.2, 0.25) is 5.91 Å². The quantitative estimate of drug-likeness (QED) is 0.734. The Kier molecular flexibility index (Phi) is 7.11. The van der Waals surface area contributed by atoms with Crippen LogP contribution in [0.15, 0.2) is 18.3 Å². The van der Waals surface area contributed by atoms with E-state index in [-0.39, 0.29) is 5.91 Å². The van der Waals surface area contributed by atoms with Crippen LogP contribution >= 0.6 is 0 Å². The van der Waals surface area contributed by atoms with E-state index in [1.165, 1.54) is 19.3 Å². The number of amides is 1. The van der Waals surface area contributed by atoms with Crippen LogP contribution in [0.3, 0.4) is 0 Å². The second kappa shape index (κ2) is 8.64. The van der Waals surface area contributed by atoms with Gasteiger partial charge < -0.3 is 5.32 Å². The van der Waals surface area contributed by atoms with Crippen molar-refractivity contribution in [3.8, 4) is 0 Å². The molecule has 0 saturated carbocycles. The van der Waals surface area contributed by atoms with E-state index in [2.05, 4.69) is 22.1 Å². The highest BCUT2D eigenvalue weighted by atomic mass is 16.2. The van der Waals surface area contributed by atoms with Crippen molar-refractivity contribution in [2.24, 2.45) is 0 Å². The van der Waals surface area contributed by atoms with Gasteiger partial charge in [0.1, 0.15) is 5.82 Å². The molecule has 1 rings (SSSR count). The molecule has 0 aliphatic carbocycles. The van der Waals surface area contributed by atoms with Crippen molar-refractivity contribution in [3.05, 3.63) is 23.9 Å². The fourth-order valence-electron chi connectivity index (χ4n) is 1.86. The third kappa shape index (κ3) is 6.91. The van der Waals surface area contributed by atoms with Crippen LogP contribution in [-0.2, 0) is 4.79 Å². The Morgan fingerprint density at radius 3 is 2.74 bits per heavy atom. The van der Waals surface area contributed by atoms with Crippen molar-refractivity contribution in [1.29, 1.82) is 0 Å². The zero-order chi connectivity index (χ0) is 14.1. The number of nitrogens with one attached hydrogen (secondary N) is 1. The van der Waals surface area contributed by atoms with Gasteiger partial charge in [-0.25, -0.2) is 4.98 Å². The molecule has 0 aliphatic rings. The monoisotopic (exact) mass is 263 g/mol. The Morgan fingerprint density at radius 1 is 1.32 bits per heavy atom. The van der Waals surface area contributed by atoms with Gasteiger partial charge in [-0.2, -0.15) is 0 Å². The van der Waals surface area contributed by atoms with Crippen LogP contribution in [0.1, 0.15) is 38.2 Å². The predicted octanol–water partition coefficient (Wildman–Crippen LogP) is 2.84. The number of aromatic nitrogens is 1. The lowest BCUT2D eigenvalue weighted by molar-refractivity contribution is -0.117. The molecule has 4 nitrogen and oxygen atoms in total. The minimum Gasteiger partial charge on any atom is -0.310 e. The molecule has 1 amide bonds. The lowest BCUT2D eigenvalue weighted by Crippen LogP contribution is -2.31. The average molecular weight is 263 g/mol. The number of nitrogens with zero attached hydrogens (tertiary/aromatic N) is 2. The van der Waals surface area contributed by atoms with Gasteiger partial charge in [-0.1, -0.05) is 32.3 Å². The summed E-state index contributed by atoms with van der Waals surface area (Å²) in [5.74, 6) is 0.615. The van der Waals surface area contributed by atoms with Gasteiger partial charge in [-0.3, -0.25) is 9.69 Å². The van der Waals surface area contributed by atoms with E-state index in [9.17, 15) is 4.79 Å². The molecule has 1 aromatic heterocycles. The first-order valence-corrected chi connectivity index (χ1v) is 7.03. The number of carbonyl (C=O) groups excluding carboxylic acids is 1. The SMILES string of the molecule is CCCCCCN(C)CC(=O)Nc1ccc(C)cn1. The number of pyridine rings is 1. The molecule has 1 aromatic rings. The molecule has 106 valence electrons. The summed E-state index contributed by atoms with van der Waals surface area (Å²) in [4.78, 5) is 18.0. The van der Waals surface area contributed by atoms with Crippen LogP contribution in [0.4, 0.5) is 5.82 Å². The van der Waals surface area contributed by atoms with E-state index in [4.69, 9.17) is 0 Å². The second-order valence-electron chi connectivity index (χ2n) is 5.07. The van der Waals surface area contributed by atoms with E-state index < -0.39 is 0 Å². The van der Waals surface area contributed by atoms with Crippen molar-refractivity contribution < 1.29 is 4.79 Å². The van der Waals surface area contributed by atoms with Crippen LogP contribution in [0, 0.1) is 6.92 Å². The smallest absolute Gasteiger partial charge is 0.239 e. The predicted molar refractivity (Wildman–Crippen MR) is 79.2 cm³/mol. The molecule has 1 heterocycles. The normalized spacial score (nSPS) is 10.7. The molecule has 0 saturated heterocycles. The largest absolute Gasteiger partial charge is 0.310 e. The molecule has 0 bridgehead atoms. The third-order valence-corrected chi connectivity index (χ3v) is 2.99. The Hall–Kier alpha value is -1.42. The summed E-state index contributed by atoms with van der Waals surface area (Å²) in [5, 5.41) is 2.81.